The number of aliphatic carboxylic acids is 1. The maximum absolute atomic E-state index is 12.5. The number of carboxylic acid groups (broad SMARTS) is 1. The second-order valence-electron chi connectivity index (χ2n) is 8.77. The fourth-order valence-electron chi connectivity index (χ4n) is 4.43. The highest BCUT2D eigenvalue weighted by Gasteiger charge is 2.41. The number of rotatable bonds is 9. The molecule has 0 spiro atoms. The van der Waals surface area contributed by atoms with Gasteiger partial charge >= 0.3 is 12.6 Å². The third-order valence-corrected chi connectivity index (χ3v) is 6.62. The smallest absolute Gasteiger partial charge is 0.387 e. The molecule has 0 bridgehead atoms. The summed E-state index contributed by atoms with van der Waals surface area (Å²) < 4.78 is 40.7. The van der Waals surface area contributed by atoms with Crippen LogP contribution in [0.15, 0.2) is 71.0 Å². The Morgan fingerprint density at radius 1 is 1.14 bits per heavy atom. The lowest BCUT2D eigenvalue weighted by molar-refractivity contribution is -0.143. The zero-order valence-corrected chi connectivity index (χ0v) is 20.7. The molecule has 196 valence electrons. The number of carbonyl (C=O) groups is 2. The quantitative estimate of drug-likeness (QED) is 0.463. The maximum atomic E-state index is 12.5. The number of ether oxygens (including phenoxy) is 3. The molecule has 1 saturated heterocycles. The van der Waals surface area contributed by atoms with Gasteiger partial charge in [-0.1, -0.05) is 30.7 Å². The number of benzene rings is 2. The highest BCUT2D eigenvalue weighted by Crippen LogP contribution is 2.41. The van der Waals surface area contributed by atoms with E-state index in [1.54, 1.807) is 42.5 Å². The number of carbonyl (C=O) groups excluding carboxylic acids is 1. The summed E-state index contributed by atoms with van der Waals surface area (Å²) in [5.41, 5.74) is 1.95. The van der Waals surface area contributed by atoms with Crippen molar-refractivity contribution >= 4 is 23.5 Å². The van der Waals surface area contributed by atoms with Crippen LogP contribution in [0.3, 0.4) is 0 Å². The Hall–Kier alpha value is -3.43. The van der Waals surface area contributed by atoms with Crippen LogP contribution in [0.5, 0.6) is 11.5 Å². The average molecular weight is 534 g/mol. The van der Waals surface area contributed by atoms with Crippen LogP contribution in [0.25, 0.3) is 0 Å². The van der Waals surface area contributed by atoms with Gasteiger partial charge in [0.05, 0.1) is 17.1 Å². The van der Waals surface area contributed by atoms with E-state index in [2.05, 4.69) is 10.1 Å². The van der Waals surface area contributed by atoms with Crippen LogP contribution < -0.4 is 14.8 Å². The molecule has 1 amide bonds. The predicted octanol–water partition coefficient (Wildman–Crippen LogP) is 5.16. The first-order chi connectivity index (χ1) is 17.7. The van der Waals surface area contributed by atoms with E-state index in [0.29, 0.717) is 53.7 Å². The van der Waals surface area contributed by atoms with Crippen molar-refractivity contribution in [2.75, 3.05) is 13.2 Å². The Bertz CT molecular complexity index is 1200. The Kier molecular flexibility index (Phi) is 8.45. The number of amides is 1. The molecule has 0 radical (unpaired) electrons. The lowest BCUT2D eigenvalue weighted by Crippen LogP contribution is -2.40. The number of halogens is 3. The Balaban J connectivity index is 1.34. The minimum Gasteiger partial charge on any atom is -0.481 e. The number of hydrogen-bond acceptors (Lipinski definition) is 5. The van der Waals surface area contributed by atoms with E-state index < -0.39 is 24.6 Å². The molecule has 1 aliphatic carbocycles. The van der Waals surface area contributed by atoms with Crippen LogP contribution in [0.4, 0.5) is 8.78 Å². The van der Waals surface area contributed by atoms with Crippen molar-refractivity contribution in [3.63, 3.8) is 0 Å². The van der Waals surface area contributed by atoms with E-state index in [0.717, 1.165) is 5.56 Å². The minimum atomic E-state index is -2.87. The average Bonchev–Trinajstić information content (AvgIpc) is 2.87. The molecule has 2 N–H and O–H groups in total. The Morgan fingerprint density at radius 2 is 1.81 bits per heavy atom. The van der Waals surface area contributed by atoms with Crippen LogP contribution in [0.2, 0.25) is 0 Å². The third kappa shape index (κ3) is 6.47. The molecule has 37 heavy (non-hydrogen) atoms. The largest absolute Gasteiger partial charge is 0.481 e. The van der Waals surface area contributed by atoms with E-state index in [-0.39, 0.29) is 17.6 Å². The fourth-order valence-corrected chi connectivity index (χ4v) is 4.77. The van der Waals surface area contributed by atoms with Crippen LogP contribution in [0.1, 0.15) is 29.3 Å². The van der Waals surface area contributed by atoms with Gasteiger partial charge < -0.3 is 24.6 Å². The monoisotopic (exact) mass is 533 g/mol. The third-order valence-electron chi connectivity index (χ3n) is 6.32. The van der Waals surface area contributed by atoms with Crippen molar-refractivity contribution in [3.8, 4) is 11.5 Å². The molecule has 2 aliphatic rings. The summed E-state index contributed by atoms with van der Waals surface area (Å²) in [6, 6.07) is 12.8. The van der Waals surface area contributed by atoms with Crippen molar-refractivity contribution in [3.05, 3.63) is 82.1 Å². The van der Waals surface area contributed by atoms with Gasteiger partial charge in [-0.25, -0.2) is 0 Å². The van der Waals surface area contributed by atoms with Gasteiger partial charge in [0.25, 0.3) is 5.91 Å². The first-order valence-electron chi connectivity index (χ1n) is 11.8. The molecular weight excluding hydrogens is 508 g/mol. The molecule has 4 rings (SSSR count). The van der Waals surface area contributed by atoms with Gasteiger partial charge in [0.1, 0.15) is 17.3 Å². The number of carboxylic acids is 1. The summed E-state index contributed by atoms with van der Waals surface area (Å²) in [5, 5.41) is 12.7. The van der Waals surface area contributed by atoms with E-state index in [4.69, 9.17) is 21.1 Å². The number of nitrogens with one attached hydrogen (secondary N) is 1. The molecular formula is C27H26ClF2NO6. The van der Waals surface area contributed by atoms with Crippen molar-refractivity contribution < 1.29 is 37.7 Å². The summed E-state index contributed by atoms with van der Waals surface area (Å²) >= 11 is 6.46. The SMILES string of the molecule is CC1C(Oc2ccc(C(=O)NCCc3ccc(OC(F)F)cc3)cc2)=C(Cl)C=C2C(C(=O)O)CCOC21. The van der Waals surface area contributed by atoms with Crippen LogP contribution in [-0.4, -0.2) is 42.9 Å². The lowest BCUT2D eigenvalue weighted by Gasteiger charge is -2.37. The minimum absolute atomic E-state index is 0.0805. The molecule has 2 aromatic rings. The van der Waals surface area contributed by atoms with E-state index in [9.17, 15) is 23.5 Å². The molecule has 1 heterocycles. The first-order valence-corrected chi connectivity index (χ1v) is 12.2. The van der Waals surface area contributed by atoms with Crippen molar-refractivity contribution in [1.82, 2.24) is 5.32 Å². The van der Waals surface area contributed by atoms with Crippen LogP contribution in [0, 0.1) is 11.8 Å². The van der Waals surface area contributed by atoms with Gasteiger partial charge in [-0.15, -0.1) is 0 Å². The molecule has 1 fully saturated rings. The summed E-state index contributed by atoms with van der Waals surface area (Å²) in [5.74, 6) is -1.05. The van der Waals surface area contributed by atoms with Gasteiger partial charge in [0, 0.05) is 24.6 Å². The molecule has 3 unspecified atom stereocenters. The Morgan fingerprint density at radius 3 is 2.46 bits per heavy atom. The normalized spacial score (nSPS) is 21.2. The van der Waals surface area contributed by atoms with Crippen molar-refractivity contribution in [2.45, 2.75) is 32.5 Å². The molecule has 3 atom stereocenters. The van der Waals surface area contributed by atoms with Crippen molar-refractivity contribution in [1.29, 1.82) is 0 Å². The summed E-state index contributed by atoms with van der Waals surface area (Å²) in [7, 11) is 0. The fraction of sp³-hybridized carbons (Fsp3) is 0.333. The van der Waals surface area contributed by atoms with Gasteiger partial charge in [0.15, 0.2) is 0 Å². The second-order valence-corrected chi connectivity index (χ2v) is 9.18. The predicted molar refractivity (Wildman–Crippen MR) is 132 cm³/mol. The summed E-state index contributed by atoms with van der Waals surface area (Å²) in [6.07, 6.45) is 2.12. The van der Waals surface area contributed by atoms with E-state index >= 15 is 0 Å². The van der Waals surface area contributed by atoms with Gasteiger partial charge in [-0.3, -0.25) is 9.59 Å². The number of hydrogen-bond donors (Lipinski definition) is 2. The number of fused-ring (bicyclic) bond motifs is 1. The molecule has 1 aliphatic heterocycles. The molecule has 7 nitrogen and oxygen atoms in total. The van der Waals surface area contributed by atoms with Gasteiger partial charge in [-0.05, 0) is 66.5 Å². The standard InChI is InChI=1S/C27H26ClF2NO6/c1-15-23-21(20(26(33)34)11-13-35-23)14-22(28)24(15)36-18-8-4-17(5-9-18)25(32)31-12-10-16-2-6-19(7-3-16)37-27(29)30/h2-9,14-15,20,23,27H,10-13H2,1H3,(H,31,32)(H,33,34). The number of allylic oxidation sites excluding steroid dienone is 2. The summed E-state index contributed by atoms with van der Waals surface area (Å²) in [4.78, 5) is 24.1. The summed E-state index contributed by atoms with van der Waals surface area (Å²) in [6.45, 7) is -0.291. The molecule has 10 heteroatoms. The van der Waals surface area contributed by atoms with Gasteiger partial charge in [-0.2, -0.15) is 8.78 Å². The molecule has 2 aromatic carbocycles. The first kappa shape index (κ1) is 26.6. The molecule has 0 saturated carbocycles. The van der Waals surface area contributed by atoms with E-state index in [1.165, 1.54) is 12.1 Å². The topological polar surface area (TPSA) is 94.1 Å². The highest BCUT2D eigenvalue weighted by atomic mass is 35.5. The van der Waals surface area contributed by atoms with Crippen molar-refractivity contribution in [2.24, 2.45) is 11.8 Å². The number of alkyl halides is 2. The van der Waals surface area contributed by atoms with Crippen LogP contribution in [-0.2, 0) is 16.0 Å². The zero-order valence-electron chi connectivity index (χ0n) is 20.0. The highest BCUT2D eigenvalue weighted by molar-refractivity contribution is 6.31. The maximum Gasteiger partial charge on any atom is 0.387 e. The van der Waals surface area contributed by atoms with Crippen LogP contribution >= 0.6 is 11.6 Å². The lowest BCUT2D eigenvalue weighted by atomic mass is 9.80. The molecule has 0 aromatic heterocycles. The Labute approximate surface area is 217 Å². The zero-order chi connectivity index (χ0) is 26.5. The second kappa shape index (κ2) is 11.7. The van der Waals surface area contributed by atoms with E-state index in [1.807, 2.05) is 6.92 Å². The van der Waals surface area contributed by atoms with Gasteiger partial charge in [0.2, 0.25) is 0 Å².